The van der Waals surface area contributed by atoms with Crippen molar-refractivity contribution in [2.45, 2.75) is 39.2 Å². The Morgan fingerprint density at radius 2 is 1.68 bits per heavy atom. The third-order valence-corrected chi connectivity index (χ3v) is 5.62. The highest BCUT2D eigenvalue weighted by Gasteiger charge is 2.30. The molecule has 2 saturated heterocycles. The molecular formula is C21H26N4O3. The van der Waals surface area contributed by atoms with Crippen LogP contribution in [0, 0.1) is 13.8 Å². The Morgan fingerprint density at radius 3 is 2.43 bits per heavy atom. The number of ether oxygens (including phenoxy) is 1. The predicted molar refractivity (Wildman–Crippen MR) is 105 cm³/mol. The van der Waals surface area contributed by atoms with E-state index in [1.807, 2.05) is 41.8 Å². The predicted octanol–water partition coefficient (Wildman–Crippen LogP) is 2.10. The lowest BCUT2D eigenvalue weighted by atomic mass is 10.1. The summed E-state index contributed by atoms with van der Waals surface area (Å²) in [5.41, 5.74) is 3.91. The molecule has 0 saturated carbocycles. The smallest absolute Gasteiger partial charge is 0.253 e. The number of hydrogen-bond acceptors (Lipinski definition) is 5. The molecule has 7 nitrogen and oxygen atoms in total. The molecule has 0 aliphatic carbocycles. The fourth-order valence-corrected chi connectivity index (χ4v) is 3.86. The van der Waals surface area contributed by atoms with Gasteiger partial charge in [-0.2, -0.15) is 0 Å². The molecule has 7 heteroatoms. The summed E-state index contributed by atoms with van der Waals surface area (Å²) in [5.74, 6) is 0.0481. The molecule has 2 aliphatic heterocycles. The van der Waals surface area contributed by atoms with Crippen molar-refractivity contribution in [1.82, 2.24) is 19.8 Å². The highest BCUT2D eigenvalue weighted by molar-refractivity contribution is 5.97. The molecule has 1 aromatic heterocycles. The van der Waals surface area contributed by atoms with Crippen LogP contribution in [0.5, 0.6) is 0 Å². The van der Waals surface area contributed by atoms with E-state index in [2.05, 4.69) is 9.97 Å². The number of aromatic nitrogens is 2. The summed E-state index contributed by atoms with van der Waals surface area (Å²) >= 11 is 0. The second-order valence-electron chi connectivity index (χ2n) is 7.57. The zero-order chi connectivity index (χ0) is 19.7. The second-order valence-corrected chi connectivity index (χ2v) is 7.57. The minimum atomic E-state index is -0.298. The fourth-order valence-electron chi connectivity index (χ4n) is 3.86. The molecule has 4 rings (SSSR count). The van der Waals surface area contributed by atoms with Gasteiger partial charge in [0.1, 0.15) is 6.10 Å². The van der Waals surface area contributed by atoms with Gasteiger partial charge in [-0.05, 0) is 51.3 Å². The summed E-state index contributed by atoms with van der Waals surface area (Å²) in [5, 5.41) is 0. The lowest BCUT2D eigenvalue weighted by molar-refractivity contribution is -0.140. The maximum Gasteiger partial charge on any atom is 0.253 e. The standard InChI is InChI=1S/C21H26N4O3/c1-14-15(2)23-18-13-16(6-7-17(18)22-14)20(26)24-8-4-9-25(11-10-24)21(27)19-5-3-12-28-19/h6-7,13,19H,3-5,8-12H2,1-2H3. The number of fused-ring (bicyclic) bond motifs is 1. The number of carbonyl (C=O) groups excluding carboxylic acids is 2. The number of rotatable bonds is 2. The van der Waals surface area contributed by atoms with Crippen molar-refractivity contribution in [2.75, 3.05) is 32.8 Å². The number of hydrogen-bond donors (Lipinski definition) is 0. The summed E-state index contributed by atoms with van der Waals surface area (Å²) in [6.45, 7) is 6.92. The minimum Gasteiger partial charge on any atom is -0.368 e. The van der Waals surface area contributed by atoms with Gasteiger partial charge in [0, 0.05) is 38.3 Å². The van der Waals surface area contributed by atoms with Gasteiger partial charge in [-0.1, -0.05) is 0 Å². The summed E-state index contributed by atoms with van der Waals surface area (Å²) in [7, 11) is 0. The van der Waals surface area contributed by atoms with Crippen molar-refractivity contribution < 1.29 is 14.3 Å². The van der Waals surface area contributed by atoms with Crippen LogP contribution >= 0.6 is 0 Å². The molecule has 2 amide bonds. The summed E-state index contributed by atoms with van der Waals surface area (Å²) in [4.78, 5) is 38.4. The average molecular weight is 382 g/mol. The average Bonchev–Trinajstić information content (AvgIpc) is 3.12. The van der Waals surface area contributed by atoms with Crippen molar-refractivity contribution in [3.63, 3.8) is 0 Å². The van der Waals surface area contributed by atoms with Crippen molar-refractivity contribution in [1.29, 1.82) is 0 Å². The molecule has 0 N–H and O–H groups in total. The Morgan fingerprint density at radius 1 is 0.964 bits per heavy atom. The van der Waals surface area contributed by atoms with Gasteiger partial charge in [-0.15, -0.1) is 0 Å². The first-order chi connectivity index (χ1) is 13.5. The summed E-state index contributed by atoms with van der Waals surface area (Å²) in [6.07, 6.45) is 2.22. The molecule has 1 atom stereocenters. The number of benzene rings is 1. The Labute approximate surface area is 164 Å². The molecule has 2 fully saturated rings. The van der Waals surface area contributed by atoms with E-state index in [4.69, 9.17) is 4.74 Å². The normalized spacial score (nSPS) is 20.4. The molecule has 2 aliphatic rings. The molecule has 28 heavy (non-hydrogen) atoms. The SMILES string of the molecule is Cc1nc2ccc(C(=O)N3CCCN(C(=O)C4CCCO4)CC3)cc2nc1C. The van der Waals surface area contributed by atoms with Crippen LogP contribution in [0.15, 0.2) is 18.2 Å². The Hall–Kier alpha value is -2.54. The third-order valence-electron chi connectivity index (χ3n) is 5.62. The van der Waals surface area contributed by atoms with Crippen molar-refractivity contribution >= 4 is 22.8 Å². The molecule has 2 aromatic rings. The quantitative estimate of drug-likeness (QED) is 0.795. The van der Waals surface area contributed by atoms with Crippen LogP contribution in [-0.4, -0.2) is 70.5 Å². The summed E-state index contributed by atoms with van der Waals surface area (Å²) < 4.78 is 5.53. The van der Waals surface area contributed by atoms with Crippen LogP contribution in [0.4, 0.5) is 0 Å². The van der Waals surface area contributed by atoms with E-state index in [9.17, 15) is 9.59 Å². The van der Waals surface area contributed by atoms with Crippen LogP contribution in [0.1, 0.15) is 41.0 Å². The van der Waals surface area contributed by atoms with E-state index in [0.29, 0.717) is 38.3 Å². The molecule has 148 valence electrons. The molecule has 3 heterocycles. The first-order valence-electron chi connectivity index (χ1n) is 9.97. The lowest BCUT2D eigenvalue weighted by Gasteiger charge is -2.24. The first-order valence-corrected chi connectivity index (χ1v) is 9.97. The van der Waals surface area contributed by atoms with Gasteiger partial charge in [0.05, 0.1) is 22.4 Å². The van der Waals surface area contributed by atoms with Crippen LogP contribution in [0.2, 0.25) is 0 Å². The number of aryl methyl sites for hydroxylation is 2. The largest absolute Gasteiger partial charge is 0.368 e. The monoisotopic (exact) mass is 382 g/mol. The molecule has 0 radical (unpaired) electrons. The van der Waals surface area contributed by atoms with E-state index in [-0.39, 0.29) is 17.9 Å². The van der Waals surface area contributed by atoms with E-state index >= 15 is 0 Å². The molecule has 0 bridgehead atoms. The van der Waals surface area contributed by atoms with Gasteiger partial charge in [-0.25, -0.2) is 9.97 Å². The first kappa shape index (κ1) is 18.8. The van der Waals surface area contributed by atoms with Crippen LogP contribution in [0.25, 0.3) is 11.0 Å². The zero-order valence-electron chi connectivity index (χ0n) is 16.5. The van der Waals surface area contributed by atoms with Gasteiger partial charge in [-0.3, -0.25) is 9.59 Å². The van der Waals surface area contributed by atoms with Crippen LogP contribution in [-0.2, 0) is 9.53 Å². The molecule has 1 aromatic carbocycles. The highest BCUT2D eigenvalue weighted by atomic mass is 16.5. The number of nitrogens with zero attached hydrogens (tertiary/aromatic N) is 4. The maximum absolute atomic E-state index is 13.0. The Balaban J connectivity index is 1.46. The van der Waals surface area contributed by atoms with E-state index in [1.54, 1.807) is 0 Å². The van der Waals surface area contributed by atoms with Gasteiger partial charge >= 0.3 is 0 Å². The Kier molecular flexibility index (Phi) is 5.26. The molecular weight excluding hydrogens is 356 g/mol. The van der Waals surface area contributed by atoms with Crippen LogP contribution < -0.4 is 0 Å². The molecule has 1 unspecified atom stereocenters. The van der Waals surface area contributed by atoms with Crippen molar-refractivity contribution in [3.05, 3.63) is 35.2 Å². The topological polar surface area (TPSA) is 75.6 Å². The van der Waals surface area contributed by atoms with Gasteiger partial charge < -0.3 is 14.5 Å². The van der Waals surface area contributed by atoms with Crippen molar-refractivity contribution in [2.24, 2.45) is 0 Å². The number of carbonyl (C=O) groups is 2. The maximum atomic E-state index is 13.0. The fraction of sp³-hybridized carbons (Fsp3) is 0.524. The van der Waals surface area contributed by atoms with Gasteiger partial charge in [0.25, 0.3) is 11.8 Å². The van der Waals surface area contributed by atoms with Gasteiger partial charge in [0.15, 0.2) is 0 Å². The van der Waals surface area contributed by atoms with E-state index < -0.39 is 0 Å². The molecule has 0 spiro atoms. The number of amides is 2. The van der Waals surface area contributed by atoms with Gasteiger partial charge in [0.2, 0.25) is 0 Å². The van der Waals surface area contributed by atoms with Crippen molar-refractivity contribution in [3.8, 4) is 0 Å². The van der Waals surface area contributed by atoms with E-state index in [1.165, 1.54) is 0 Å². The Bertz CT molecular complexity index is 908. The van der Waals surface area contributed by atoms with Crippen LogP contribution in [0.3, 0.4) is 0 Å². The third kappa shape index (κ3) is 3.71. The minimum absolute atomic E-state index is 0.0201. The summed E-state index contributed by atoms with van der Waals surface area (Å²) in [6, 6.07) is 5.48. The van der Waals surface area contributed by atoms with E-state index in [0.717, 1.165) is 41.7 Å². The zero-order valence-corrected chi connectivity index (χ0v) is 16.5. The lowest BCUT2D eigenvalue weighted by Crippen LogP contribution is -2.41. The second kappa shape index (κ2) is 7.83. The highest BCUT2D eigenvalue weighted by Crippen LogP contribution is 2.19.